The SMILES string of the molecule is COc1ccnc2cc(C(=O)O)n(C)c12. The summed E-state index contributed by atoms with van der Waals surface area (Å²) in [7, 11) is 3.22. The summed E-state index contributed by atoms with van der Waals surface area (Å²) >= 11 is 0. The van der Waals surface area contributed by atoms with Crippen molar-refractivity contribution in [3.8, 4) is 5.75 Å². The maximum Gasteiger partial charge on any atom is 0.352 e. The number of carboxylic acid groups (broad SMARTS) is 1. The standard InChI is InChI=1S/C10H10N2O3/c1-12-7(10(13)14)5-6-9(12)8(15-2)3-4-11-6/h3-5H,1-2H3,(H,13,14). The zero-order valence-electron chi connectivity index (χ0n) is 8.39. The first-order valence-corrected chi connectivity index (χ1v) is 4.37. The van der Waals surface area contributed by atoms with Crippen molar-refractivity contribution < 1.29 is 14.6 Å². The minimum atomic E-state index is -0.974. The summed E-state index contributed by atoms with van der Waals surface area (Å²) in [5, 5.41) is 8.94. The van der Waals surface area contributed by atoms with Gasteiger partial charge in [-0.05, 0) is 6.07 Å². The molecule has 0 aromatic carbocycles. The fourth-order valence-electron chi connectivity index (χ4n) is 1.61. The van der Waals surface area contributed by atoms with Crippen LogP contribution in [0.15, 0.2) is 18.3 Å². The first kappa shape index (κ1) is 9.51. The Morgan fingerprint density at radius 1 is 1.60 bits per heavy atom. The van der Waals surface area contributed by atoms with Crippen molar-refractivity contribution in [1.82, 2.24) is 9.55 Å². The van der Waals surface area contributed by atoms with E-state index in [-0.39, 0.29) is 5.69 Å². The van der Waals surface area contributed by atoms with E-state index in [0.29, 0.717) is 16.8 Å². The molecule has 0 unspecified atom stereocenters. The van der Waals surface area contributed by atoms with Crippen molar-refractivity contribution >= 4 is 17.0 Å². The summed E-state index contributed by atoms with van der Waals surface area (Å²) in [6, 6.07) is 3.23. The smallest absolute Gasteiger partial charge is 0.352 e. The Kier molecular flexibility index (Phi) is 2.07. The lowest BCUT2D eigenvalue weighted by atomic mass is 10.3. The summed E-state index contributed by atoms with van der Waals surface area (Å²) in [4.78, 5) is 15.0. The fraction of sp³-hybridized carbons (Fsp3) is 0.200. The molecule has 0 aliphatic rings. The molecule has 15 heavy (non-hydrogen) atoms. The molecule has 0 radical (unpaired) electrons. The van der Waals surface area contributed by atoms with E-state index in [1.54, 1.807) is 31.0 Å². The normalized spacial score (nSPS) is 10.5. The largest absolute Gasteiger partial charge is 0.494 e. The maximum atomic E-state index is 10.9. The Balaban J connectivity index is 2.82. The molecule has 1 N–H and O–H groups in total. The highest BCUT2D eigenvalue weighted by atomic mass is 16.5. The van der Waals surface area contributed by atoms with Crippen molar-refractivity contribution in [2.45, 2.75) is 0 Å². The topological polar surface area (TPSA) is 64.3 Å². The number of nitrogens with zero attached hydrogens (tertiary/aromatic N) is 2. The van der Waals surface area contributed by atoms with E-state index >= 15 is 0 Å². The minimum Gasteiger partial charge on any atom is -0.494 e. The molecule has 0 bridgehead atoms. The molecule has 2 rings (SSSR count). The Morgan fingerprint density at radius 3 is 2.93 bits per heavy atom. The second-order valence-corrected chi connectivity index (χ2v) is 3.14. The molecule has 2 aromatic rings. The molecule has 0 amide bonds. The Labute approximate surface area is 85.9 Å². The first-order chi connectivity index (χ1) is 7.15. The van der Waals surface area contributed by atoms with Crippen LogP contribution in [0, 0.1) is 0 Å². The predicted molar refractivity (Wildman–Crippen MR) is 54.2 cm³/mol. The summed E-state index contributed by atoms with van der Waals surface area (Å²) in [5.74, 6) is -0.354. The molecule has 78 valence electrons. The number of hydrogen-bond acceptors (Lipinski definition) is 3. The highest BCUT2D eigenvalue weighted by Crippen LogP contribution is 2.25. The van der Waals surface area contributed by atoms with Gasteiger partial charge in [-0.15, -0.1) is 0 Å². The van der Waals surface area contributed by atoms with E-state index in [1.807, 2.05) is 0 Å². The lowest BCUT2D eigenvalue weighted by Crippen LogP contribution is -2.04. The van der Waals surface area contributed by atoms with E-state index in [2.05, 4.69) is 4.98 Å². The molecule has 0 saturated carbocycles. The third-order valence-electron chi connectivity index (χ3n) is 2.32. The maximum absolute atomic E-state index is 10.9. The molecule has 0 fully saturated rings. The van der Waals surface area contributed by atoms with Gasteiger partial charge in [-0.1, -0.05) is 0 Å². The number of carboxylic acids is 1. The van der Waals surface area contributed by atoms with Gasteiger partial charge in [0.2, 0.25) is 0 Å². The minimum absolute atomic E-state index is 0.196. The molecule has 0 spiro atoms. The predicted octanol–water partition coefficient (Wildman–Crippen LogP) is 1.28. The monoisotopic (exact) mass is 206 g/mol. The zero-order chi connectivity index (χ0) is 11.0. The van der Waals surface area contributed by atoms with Crippen molar-refractivity contribution in [1.29, 1.82) is 0 Å². The molecular weight excluding hydrogens is 196 g/mol. The molecule has 5 nitrogen and oxygen atoms in total. The molecule has 5 heteroatoms. The van der Waals surface area contributed by atoms with Gasteiger partial charge >= 0.3 is 5.97 Å². The van der Waals surface area contributed by atoms with Gasteiger partial charge in [-0.3, -0.25) is 4.98 Å². The summed E-state index contributed by atoms with van der Waals surface area (Å²) in [5.41, 5.74) is 1.51. The molecule has 0 atom stereocenters. The molecular formula is C10H10N2O3. The van der Waals surface area contributed by atoms with Gasteiger partial charge in [0.1, 0.15) is 17.0 Å². The second kappa shape index (κ2) is 3.27. The number of aromatic nitrogens is 2. The Bertz CT molecular complexity index is 531. The lowest BCUT2D eigenvalue weighted by Gasteiger charge is -2.04. The Morgan fingerprint density at radius 2 is 2.33 bits per heavy atom. The lowest BCUT2D eigenvalue weighted by molar-refractivity contribution is 0.0687. The van der Waals surface area contributed by atoms with Gasteiger partial charge in [-0.25, -0.2) is 4.79 Å². The number of aromatic carboxylic acids is 1. The van der Waals surface area contributed by atoms with Gasteiger partial charge in [0.05, 0.1) is 12.6 Å². The summed E-state index contributed by atoms with van der Waals surface area (Å²) < 4.78 is 6.71. The third kappa shape index (κ3) is 1.32. The second-order valence-electron chi connectivity index (χ2n) is 3.14. The van der Waals surface area contributed by atoms with Crippen LogP contribution >= 0.6 is 0 Å². The molecule has 0 saturated heterocycles. The number of aryl methyl sites for hydroxylation is 1. The van der Waals surface area contributed by atoms with E-state index in [1.165, 1.54) is 6.07 Å². The van der Waals surface area contributed by atoms with E-state index in [4.69, 9.17) is 9.84 Å². The number of carbonyl (C=O) groups is 1. The van der Waals surface area contributed by atoms with Crippen LogP contribution in [0.2, 0.25) is 0 Å². The van der Waals surface area contributed by atoms with Crippen LogP contribution in [0.3, 0.4) is 0 Å². The average Bonchev–Trinajstić information content (AvgIpc) is 2.56. The van der Waals surface area contributed by atoms with Crippen LogP contribution in [-0.4, -0.2) is 27.7 Å². The number of fused-ring (bicyclic) bond motifs is 1. The van der Waals surface area contributed by atoms with E-state index in [9.17, 15) is 4.79 Å². The van der Waals surface area contributed by atoms with Crippen LogP contribution in [0.1, 0.15) is 10.5 Å². The number of methoxy groups -OCH3 is 1. The fourth-order valence-corrected chi connectivity index (χ4v) is 1.61. The highest BCUT2D eigenvalue weighted by Gasteiger charge is 2.15. The summed E-state index contributed by atoms with van der Waals surface area (Å²) in [6.07, 6.45) is 1.59. The quantitative estimate of drug-likeness (QED) is 0.803. The molecule has 2 aromatic heterocycles. The Hall–Kier alpha value is -2.04. The molecule has 2 heterocycles. The van der Waals surface area contributed by atoms with E-state index < -0.39 is 5.97 Å². The average molecular weight is 206 g/mol. The zero-order valence-corrected chi connectivity index (χ0v) is 8.39. The van der Waals surface area contributed by atoms with Crippen LogP contribution < -0.4 is 4.74 Å². The van der Waals surface area contributed by atoms with Gasteiger partial charge in [0, 0.05) is 19.3 Å². The number of ether oxygens (including phenoxy) is 1. The first-order valence-electron chi connectivity index (χ1n) is 4.37. The van der Waals surface area contributed by atoms with Gasteiger partial charge in [0.15, 0.2) is 0 Å². The van der Waals surface area contributed by atoms with Gasteiger partial charge in [0.25, 0.3) is 0 Å². The number of rotatable bonds is 2. The van der Waals surface area contributed by atoms with Crippen LogP contribution in [0.4, 0.5) is 0 Å². The number of hydrogen-bond donors (Lipinski definition) is 1. The third-order valence-corrected chi connectivity index (χ3v) is 2.32. The molecule has 0 aliphatic heterocycles. The van der Waals surface area contributed by atoms with Gasteiger partial charge < -0.3 is 14.4 Å². The van der Waals surface area contributed by atoms with Crippen molar-refractivity contribution in [3.05, 3.63) is 24.0 Å². The van der Waals surface area contributed by atoms with E-state index in [0.717, 1.165) is 0 Å². The van der Waals surface area contributed by atoms with Crippen LogP contribution in [0.25, 0.3) is 11.0 Å². The van der Waals surface area contributed by atoms with Crippen molar-refractivity contribution in [2.75, 3.05) is 7.11 Å². The van der Waals surface area contributed by atoms with Crippen molar-refractivity contribution in [3.63, 3.8) is 0 Å². The highest BCUT2D eigenvalue weighted by molar-refractivity contribution is 5.95. The van der Waals surface area contributed by atoms with Crippen LogP contribution in [0.5, 0.6) is 5.75 Å². The molecule has 0 aliphatic carbocycles. The van der Waals surface area contributed by atoms with Crippen LogP contribution in [-0.2, 0) is 7.05 Å². The van der Waals surface area contributed by atoms with Gasteiger partial charge in [-0.2, -0.15) is 0 Å². The summed E-state index contributed by atoms with van der Waals surface area (Å²) in [6.45, 7) is 0. The number of pyridine rings is 1. The van der Waals surface area contributed by atoms with Crippen molar-refractivity contribution in [2.24, 2.45) is 7.05 Å².